The first-order valence-electron chi connectivity index (χ1n) is 6.05. The van der Waals surface area contributed by atoms with Crippen LogP contribution in [-0.2, 0) is 4.79 Å². The lowest BCUT2D eigenvalue weighted by molar-refractivity contribution is -0.116. The van der Waals surface area contributed by atoms with E-state index in [2.05, 4.69) is 15.8 Å². The molecule has 0 aliphatic heterocycles. The number of nitrogens with one attached hydrogen (secondary N) is 3. The fourth-order valence-electron chi connectivity index (χ4n) is 1.38. The van der Waals surface area contributed by atoms with Crippen LogP contribution in [0, 0.1) is 16.7 Å². The number of rotatable bonds is 6. The molecular weight excluding hydrogens is 270 g/mol. The molecule has 1 amide bonds. The van der Waals surface area contributed by atoms with E-state index >= 15 is 0 Å². The number of carbonyl (C=O) groups is 1. The maximum atomic E-state index is 11.6. The minimum atomic E-state index is -0.405. The largest absolute Gasteiger partial charge is 0.382 e. The average Bonchev–Trinajstić information content (AvgIpc) is 2.40. The van der Waals surface area contributed by atoms with Gasteiger partial charge in [0.2, 0.25) is 11.6 Å². The summed E-state index contributed by atoms with van der Waals surface area (Å²) in [5.41, 5.74) is 8.85. The van der Waals surface area contributed by atoms with Crippen LogP contribution < -0.4 is 16.5 Å². The molecule has 0 aliphatic carbocycles. The van der Waals surface area contributed by atoms with Crippen molar-refractivity contribution < 1.29 is 4.79 Å². The second-order valence-electron chi connectivity index (χ2n) is 4.46. The number of nitriles is 1. The van der Waals surface area contributed by atoms with E-state index < -0.39 is 5.84 Å². The number of hydrogen-bond acceptors (Lipinski definition) is 6. The third kappa shape index (κ3) is 5.71. The Balaban J connectivity index is 2.65. The lowest BCUT2D eigenvalue weighted by atomic mass is 10.3. The molecule has 5 N–H and O–H groups in total. The molecule has 0 aliphatic rings. The molecule has 110 valence electrons. The Bertz CT molecular complexity index is 584. The summed E-state index contributed by atoms with van der Waals surface area (Å²) in [5, 5.41) is 22.3. The van der Waals surface area contributed by atoms with Gasteiger partial charge < -0.3 is 16.0 Å². The minimum absolute atomic E-state index is 0.109. The first-order valence-corrected chi connectivity index (χ1v) is 6.05. The van der Waals surface area contributed by atoms with Gasteiger partial charge in [-0.25, -0.2) is 0 Å². The Morgan fingerprint density at radius 2 is 1.95 bits per heavy atom. The highest BCUT2D eigenvalue weighted by Gasteiger charge is 2.04. The maximum absolute atomic E-state index is 11.6. The fraction of sp³-hybridized carbons (Fsp3) is 0.231. The van der Waals surface area contributed by atoms with Gasteiger partial charge in [-0.2, -0.15) is 10.4 Å². The van der Waals surface area contributed by atoms with E-state index in [0.29, 0.717) is 17.9 Å². The number of likely N-dealkylation sites (N-methyl/N-ethyl adjacent to an activating group) is 1. The van der Waals surface area contributed by atoms with Crippen LogP contribution in [0.5, 0.6) is 0 Å². The smallest absolute Gasteiger partial charge is 0.238 e. The molecule has 8 heteroatoms. The van der Waals surface area contributed by atoms with Gasteiger partial charge in [-0.1, -0.05) is 0 Å². The summed E-state index contributed by atoms with van der Waals surface area (Å²) in [6.45, 7) is 0.300. The van der Waals surface area contributed by atoms with Crippen molar-refractivity contribution in [1.82, 2.24) is 4.90 Å². The summed E-state index contributed by atoms with van der Waals surface area (Å²) < 4.78 is 0. The minimum Gasteiger partial charge on any atom is -0.382 e. The zero-order chi connectivity index (χ0) is 15.8. The molecule has 0 fully saturated rings. The number of carbonyl (C=O) groups excluding carboxylic acids is 1. The molecule has 0 unspecified atom stereocenters. The summed E-state index contributed by atoms with van der Waals surface area (Å²) in [4.78, 5) is 13.3. The van der Waals surface area contributed by atoms with Crippen molar-refractivity contribution in [3.63, 3.8) is 0 Å². The normalized spacial score (nSPS) is 10.9. The summed E-state index contributed by atoms with van der Waals surface area (Å²) in [7, 11) is 3.62. The van der Waals surface area contributed by atoms with Crippen LogP contribution in [0.3, 0.4) is 0 Å². The van der Waals surface area contributed by atoms with Crippen LogP contribution in [0.15, 0.2) is 29.4 Å². The number of nitrogens with two attached hydrogens (primary N) is 1. The summed E-state index contributed by atoms with van der Waals surface area (Å²) >= 11 is 0. The zero-order valence-corrected chi connectivity index (χ0v) is 11.8. The number of hydrogen-bond donors (Lipinski definition) is 4. The molecular formula is C13H17N7O. The van der Waals surface area contributed by atoms with Crippen molar-refractivity contribution in [3.05, 3.63) is 24.3 Å². The number of benzene rings is 1. The van der Waals surface area contributed by atoms with E-state index in [-0.39, 0.29) is 11.6 Å². The van der Waals surface area contributed by atoms with Crippen LogP contribution >= 0.6 is 0 Å². The van der Waals surface area contributed by atoms with Crippen molar-refractivity contribution in [2.24, 2.45) is 10.8 Å². The fourth-order valence-corrected chi connectivity index (χ4v) is 1.38. The number of amides is 1. The van der Waals surface area contributed by atoms with Crippen molar-refractivity contribution in [3.8, 4) is 6.07 Å². The second-order valence-corrected chi connectivity index (χ2v) is 4.46. The molecule has 21 heavy (non-hydrogen) atoms. The van der Waals surface area contributed by atoms with E-state index in [9.17, 15) is 4.79 Å². The van der Waals surface area contributed by atoms with Crippen molar-refractivity contribution >= 4 is 28.8 Å². The Morgan fingerprint density at radius 3 is 2.43 bits per heavy atom. The van der Waals surface area contributed by atoms with Gasteiger partial charge in [0.05, 0.1) is 12.2 Å². The highest BCUT2D eigenvalue weighted by molar-refractivity contribution is 6.45. The maximum Gasteiger partial charge on any atom is 0.238 e. The molecule has 1 rings (SSSR count). The number of hydrazone groups is 1. The molecule has 1 aromatic rings. The van der Waals surface area contributed by atoms with Crippen LogP contribution in [0.25, 0.3) is 0 Å². The Morgan fingerprint density at radius 1 is 1.38 bits per heavy atom. The quantitative estimate of drug-likeness (QED) is 0.342. The van der Waals surface area contributed by atoms with Gasteiger partial charge in [0.25, 0.3) is 0 Å². The van der Waals surface area contributed by atoms with Gasteiger partial charge in [-0.05, 0) is 38.4 Å². The van der Waals surface area contributed by atoms with Gasteiger partial charge in [-0.15, -0.1) is 0 Å². The summed E-state index contributed by atoms with van der Waals surface area (Å²) in [6, 6.07) is 8.47. The van der Waals surface area contributed by atoms with Crippen LogP contribution in [0.4, 0.5) is 11.4 Å². The first kappa shape index (κ1) is 16.1. The average molecular weight is 287 g/mol. The standard InChI is InChI=1S/C13H17N7O/c1-20(2)8-12(21)17-9-3-5-10(6-4-9)18-19-11(7-14)13(15)16/h3-6,18H,8H2,1-2H3,(H3,15,16)(H,17,21)/b19-11+. The highest BCUT2D eigenvalue weighted by atomic mass is 16.2. The predicted molar refractivity (Wildman–Crippen MR) is 82.2 cm³/mol. The van der Waals surface area contributed by atoms with Crippen LogP contribution in [-0.4, -0.2) is 43.0 Å². The van der Waals surface area contributed by atoms with E-state index in [4.69, 9.17) is 16.4 Å². The molecule has 0 heterocycles. The molecule has 0 atom stereocenters. The van der Waals surface area contributed by atoms with E-state index in [0.717, 1.165) is 0 Å². The highest BCUT2D eigenvalue weighted by Crippen LogP contribution is 2.13. The van der Waals surface area contributed by atoms with Crippen molar-refractivity contribution in [2.75, 3.05) is 31.4 Å². The lowest BCUT2D eigenvalue weighted by Crippen LogP contribution is -2.27. The Kier molecular flexibility index (Phi) is 5.85. The number of amidine groups is 1. The monoisotopic (exact) mass is 287 g/mol. The van der Waals surface area contributed by atoms with Crippen LogP contribution in [0.2, 0.25) is 0 Å². The molecule has 0 bridgehead atoms. The SMILES string of the molecule is CN(C)CC(=O)Nc1ccc(N/N=C(\C#N)C(=N)N)cc1. The molecule has 8 nitrogen and oxygen atoms in total. The molecule has 0 spiro atoms. The number of anilines is 2. The third-order valence-corrected chi connectivity index (χ3v) is 2.29. The van der Waals surface area contributed by atoms with Gasteiger partial charge >= 0.3 is 0 Å². The summed E-state index contributed by atoms with van der Waals surface area (Å²) in [5.74, 6) is -0.514. The Labute approximate surface area is 122 Å². The molecule has 1 aromatic carbocycles. The molecule has 0 saturated carbocycles. The molecule has 0 radical (unpaired) electrons. The van der Waals surface area contributed by atoms with E-state index in [1.807, 2.05) is 14.1 Å². The zero-order valence-electron chi connectivity index (χ0n) is 11.8. The number of nitrogens with zero attached hydrogens (tertiary/aromatic N) is 3. The first-order chi connectivity index (χ1) is 9.92. The van der Waals surface area contributed by atoms with Crippen molar-refractivity contribution in [2.45, 2.75) is 0 Å². The van der Waals surface area contributed by atoms with E-state index in [1.165, 1.54) is 0 Å². The van der Waals surface area contributed by atoms with E-state index in [1.54, 1.807) is 35.2 Å². The molecule has 0 aromatic heterocycles. The van der Waals surface area contributed by atoms with Gasteiger partial charge in [0.1, 0.15) is 6.07 Å². The summed E-state index contributed by atoms with van der Waals surface area (Å²) in [6.07, 6.45) is 0. The van der Waals surface area contributed by atoms with Gasteiger partial charge in [0.15, 0.2) is 5.84 Å². The second kappa shape index (κ2) is 7.62. The van der Waals surface area contributed by atoms with Crippen molar-refractivity contribution in [1.29, 1.82) is 10.7 Å². The predicted octanol–water partition coefficient (Wildman–Crippen LogP) is 0.414. The van der Waals surface area contributed by atoms with Crippen LogP contribution in [0.1, 0.15) is 0 Å². The molecule has 0 saturated heterocycles. The topological polar surface area (TPSA) is 130 Å². The third-order valence-electron chi connectivity index (χ3n) is 2.29. The van der Waals surface area contributed by atoms with Gasteiger partial charge in [-0.3, -0.25) is 15.6 Å². The Hall–Kier alpha value is -2.92. The van der Waals surface area contributed by atoms with Gasteiger partial charge in [0, 0.05) is 5.69 Å². The lowest BCUT2D eigenvalue weighted by Gasteiger charge is -2.10.